The Morgan fingerprint density at radius 1 is 1.12 bits per heavy atom. The number of aromatic nitrogens is 2. The Labute approximate surface area is 154 Å². The van der Waals surface area contributed by atoms with Gasteiger partial charge in [0, 0.05) is 37.9 Å². The molecule has 1 aliphatic heterocycles. The van der Waals surface area contributed by atoms with Crippen LogP contribution in [0.3, 0.4) is 0 Å². The van der Waals surface area contributed by atoms with Crippen molar-refractivity contribution in [3.05, 3.63) is 42.2 Å². The standard InChI is InChI=1S/C19H26N6O/c1-2-15-5-7-16(8-6-15)24-19(26)21-10-9-20-17-13-18(23-14-22-17)25-11-3-4-12-25/h5-8,13-14H,2-4,9-12H2,1H3,(H,20,22,23)(H2,21,24,26). The molecular weight excluding hydrogens is 328 g/mol. The Hall–Kier alpha value is -2.83. The van der Waals surface area contributed by atoms with Crippen LogP contribution in [0.1, 0.15) is 25.3 Å². The molecule has 3 rings (SSSR count). The molecule has 1 saturated heterocycles. The SMILES string of the molecule is CCc1ccc(NC(=O)NCCNc2cc(N3CCCC3)ncn2)cc1. The molecule has 2 aromatic rings. The Morgan fingerprint density at radius 3 is 2.62 bits per heavy atom. The molecule has 0 atom stereocenters. The quantitative estimate of drug-likeness (QED) is 0.666. The lowest BCUT2D eigenvalue weighted by molar-refractivity contribution is 0.252. The Bertz CT molecular complexity index is 712. The topological polar surface area (TPSA) is 82.2 Å². The Balaban J connectivity index is 1.39. The van der Waals surface area contributed by atoms with E-state index in [0.29, 0.717) is 13.1 Å². The highest BCUT2D eigenvalue weighted by atomic mass is 16.2. The molecule has 0 radical (unpaired) electrons. The lowest BCUT2D eigenvalue weighted by atomic mass is 10.1. The molecule has 0 aliphatic carbocycles. The molecule has 26 heavy (non-hydrogen) atoms. The van der Waals surface area contributed by atoms with Crippen molar-refractivity contribution in [2.45, 2.75) is 26.2 Å². The molecule has 7 nitrogen and oxygen atoms in total. The molecule has 1 fully saturated rings. The van der Waals surface area contributed by atoms with Crippen LogP contribution in [-0.4, -0.2) is 42.2 Å². The molecule has 7 heteroatoms. The van der Waals surface area contributed by atoms with Crippen molar-refractivity contribution >= 4 is 23.4 Å². The van der Waals surface area contributed by atoms with Crippen LogP contribution in [0.15, 0.2) is 36.7 Å². The monoisotopic (exact) mass is 354 g/mol. The third-order valence-corrected chi connectivity index (χ3v) is 4.42. The number of carbonyl (C=O) groups excluding carboxylic acids is 1. The average Bonchev–Trinajstić information content (AvgIpc) is 3.21. The average molecular weight is 354 g/mol. The lowest BCUT2D eigenvalue weighted by Gasteiger charge is -2.16. The maximum atomic E-state index is 11.9. The van der Waals surface area contributed by atoms with Crippen LogP contribution in [0.5, 0.6) is 0 Å². The minimum atomic E-state index is -0.212. The van der Waals surface area contributed by atoms with Gasteiger partial charge < -0.3 is 20.9 Å². The number of carbonyl (C=O) groups is 1. The number of benzene rings is 1. The first-order chi connectivity index (χ1) is 12.7. The second kappa shape index (κ2) is 9.03. The summed E-state index contributed by atoms with van der Waals surface area (Å²) in [6, 6.07) is 9.61. The smallest absolute Gasteiger partial charge is 0.319 e. The Kier molecular flexibility index (Phi) is 6.24. The molecular formula is C19H26N6O. The zero-order valence-electron chi connectivity index (χ0n) is 15.2. The van der Waals surface area contributed by atoms with E-state index in [1.165, 1.54) is 18.4 Å². The first-order valence-corrected chi connectivity index (χ1v) is 9.19. The third kappa shape index (κ3) is 5.08. The number of hydrogen-bond donors (Lipinski definition) is 3. The van der Waals surface area contributed by atoms with Crippen molar-refractivity contribution in [3.63, 3.8) is 0 Å². The molecule has 1 aliphatic rings. The van der Waals surface area contributed by atoms with E-state index in [1.807, 2.05) is 30.3 Å². The highest BCUT2D eigenvalue weighted by molar-refractivity contribution is 5.89. The summed E-state index contributed by atoms with van der Waals surface area (Å²) >= 11 is 0. The number of aryl methyl sites for hydroxylation is 1. The van der Waals surface area contributed by atoms with Gasteiger partial charge in [0.2, 0.25) is 0 Å². The largest absolute Gasteiger partial charge is 0.368 e. The normalized spacial score (nSPS) is 13.5. The summed E-state index contributed by atoms with van der Waals surface area (Å²) in [4.78, 5) is 22.8. The zero-order valence-corrected chi connectivity index (χ0v) is 15.2. The second-order valence-electron chi connectivity index (χ2n) is 6.31. The van der Waals surface area contributed by atoms with E-state index >= 15 is 0 Å². The molecule has 3 N–H and O–H groups in total. The van der Waals surface area contributed by atoms with Crippen molar-refractivity contribution in [2.24, 2.45) is 0 Å². The van der Waals surface area contributed by atoms with Crippen molar-refractivity contribution in [1.29, 1.82) is 0 Å². The number of urea groups is 1. The predicted molar refractivity (Wildman–Crippen MR) is 105 cm³/mol. The summed E-state index contributed by atoms with van der Waals surface area (Å²) in [5.74, 6) is 1.74. The maximum absolute atomic E-state index is 11.9. The summed E-state index contributed by atoms with van der Waals surface area (Å²) in [6.07, 6.45) is 5.00. The van der Waals surface area contributed by atoms with Gasteiger partial charge in [-0.2, -0.15) is 0 Å². The summed E-state index contributed by atoms with van der Waals surface area (Å²) < 4.78 is 0. The summed E-state index contributed by atoms with van der Waals surface area (Å²) in [5, 5.41) is 8.88. The highest BCUT2D eigenvalue weighted by Gasteiger charge is 2.13. The van der Waals surface area contributed by atoms with Gasteiger partial charge in [0.15, 0.2) is 0 Å². The predicted octanol–water partition coefficient (Wildman–Crippen LogP) is 2.87. The number of amides is 2. The van der Waals surface area contributed by atoms with Gasteiger partial charge in [-0.1, -0.05) is 19.1 Å². The van der Waals surface area contributed by atoms with Crippen molar-refractivity contribution in [3.8, 4) is 0 Å². The molecule has 0 unspecified atom stereocenters. The fraction of sp³-hybridized carbons (Fsp3) is 0.421. The van der Waals surface area contributed by atoms with Gasteiger partial charge in [0.05, 0.1) is 0 Å². The molecule has 1 aromatic carbocycles. The minimum absolute atomic E-state index is 0.212. The van der Waals surface area contributed by atoms with Gasteiger partial charge in [-0.05, 0) is 37.0 Å². The lowest BCUT2D eigenvalue weighted by Crippen LogP contribution is -2.32. The van der Waals surface area contributed by atoms with E-state index in [2.05, 4.69) is 37.7 Å². The van der Waals surface area contributed by atoms with Gasteiger partial charge in [0.1, 0.15) is 18.0 Å². The zero-order chi connectivity index (χ0) is 18.2. The van der Waals surface area contributed by atoms with Gasteiger partial charge >= 0.3 is 6.03 Å². The van der Waals surface area contributed by atoms with Crippen molar-refractivity contribution < 1.29 is 4.79 Å². The van der Waals surface area contributed by atoms with Gasteiger partial charge in [-0.25, -0.2) is 14.8 Å². The number of anilines is 3. The van der Waals surface area contributed by atoms with Crippen molar-refractivity contribution in [1.82, 2.24) is 15.3 Å². The van der Waals surface area contributed by atoms with Gasteiger partial charge in [-0.15, -0.1) is 0 Å². The summed E-state index contributed by atoms with van der Waals surface area (Å²) in [5.41, 5.74) is 2.04. The van der Waals surface area contributed by atoms with Crippen LogP contribution in [-0.2, 0) is 6.42 Å². The summed E-state index contributed by atoms with van der Waals surface area (Å²) in [6.45, 7) is 5.31. The number of rotatable bonds is 7. The van der Waals surface area contributed by atoms with Gasteiger partial charge in [0.25, 0.3) is 0 Å². The van der Waals surface area contributed by atoms with Crippen LogP contribution in [0.4, 0.5) is 22.1 Å². The van der Waals surface area contributed by atoms with E-state index in [-0.39, 0.29) is 6.03 Å². The maximum Gasteiger partial charge on any atom is 0.319 e. The fourth-order valence-corrected chi connectivity index (χ4v) is 2.93. The molecule has 2 heterocycles. The Morgan fingerprint density at radius 2 is 1.88 bits per heavy atom. The van der Waals surface area contributed by atoms with Crippen LogP contribution in [0, 0.1) is 0 Å². The van der Waals surface area contributed by atoms with Crippen LogP contribution >= 0.6 is 0 Å². The first-order valence-electron chi connectivity index (χ1n) is 9.19. The van der Waals surface area contributed by atoms with E-state index in [4.69, 9.17) is 0 Å². The second-order valence-corrected chi connectivity index (χ2v) is 6.31. The number of hydrogen-bond acceptors (Lipinski definition) is 5. The van der Waals surface area contributed by atoms with Crippen LogP contribution in [0.25, 0.3) is 0 Å². The van der Waals surface area contributed by atoms with Crippen LogP contribution in [0.2, 0.25) is 0 Å². The molecule has 0 spiro atoms. The minimum Gasteiger partial charge on any atom is -0.368 e. The van der Waals surface area contributed by atoms with Crippen molar-refractivity contribution in [2.75, 3.05) is 41.7 Å². The fourth-order valence-electron chi connectivity index (χ4n) is 2.93. The van der Waals surface area contributed by atoms with E-state index < -0.39 is 0 Å². The number of nitrogens with zero attached hydrogens (tertiary/aromatic N) is 3. The molecule has 0 bridgehead atoms. The third-order valence-electron chi connectivity index (χ3n) is 4.42. The van der Waals surface area contributed by atoms with Crippen LogP contribution < -0.4 is 20.9 Å². The molecule has 138 valence electrons. The van der Waals surface area contributed by atoms with E-state index in [0.717, 1.165) is 36.8 Å². The number of nitrogens with one attached hydrogen (secondary N) is 3. The summed E-state index contributed by atoms with van der Waals surface area (Å²) in [7, 11) is 0. The first kappa shape index (κ1) is 18.0. The van der Waals surface area contributed by atoms with Gasteiger partial charge in [-0.3, -0.25) is 0 Å². The van der Waals surface area contributed by atoms with E-state index in [1.54, 1.807) is 6.33 Å². The highest BCUT2D eigenvalue weighted by Crippen LogP contribution is 2.19. The molecule has 0 saturated carbocycles. The molecule has 2 amide bonds. The van der Waals surface area contributed by atoms with E-state index in [9.17, 15) is 4.79 Å². The molecule has 1 aromatic heterocycles.